The fourth-order valence-corrected chi connectivity index (χ4v) is 8.69. The molecule has 6 nitrogen and oxygen atoms in total. The monoisotopic (exact) mass is 941 g/mol. The summed E-state index contributed by atoms with van der Waals surface area (Å²) in [5.41, 5.74) is 0. The predicted molar refractivity (Wildman–Crippen MR) is 289 cm³/mol. The highest BCUT2D eigenvalue weighted by Crippen LogP contribution is 2.17. The quantitative estimate of drug-likeness (QED) is 0.0262. The summed E-state index contributed by atoms with van der Waals surface area (Å²) < 4.78 is 16.9. The minimum absolute atomic E-state index is 0.0696. The average Bonchev–Trinajstić information content (AvgIpc) is 3.33. The number of esters is 3. The largest absolute Gasteiger partial charge is 0.462 e. The van der Waals surface area contributed by atoms with E-state index in [4.69, 9.17) is 14.2 Å². The maximum Gasteiger partial charge on any atom is 0.306 e. The molecule has 0 fully saturated rings. The molecule has 0 saturated heterocycles. The molecule has 0 N–H and O–H groups in total. The normalized spacial score (nSPS) is 12.2. The number of hydrogen-bond donors (Lipinski definition) is 0. The number of unbranched alkanes of at least 4 members (excludes halogenated alkanes) is 37. The fourth-order valence-electron chi connectivity index (χ4n) is 8.69. The maximum absolute atomic E-state index is 12.8. The summed E-state index contributed by atoms with van der Waals surface area (Å²) in [6, 6.07) is 0. The average molecular weight is 942 g/mol. The van der Waals surface area contributed by atoms with Crippen LogP contribution in [0, 0.1) is 0 Å². The standard InChI is InChI=1S/C61H112O6/c1-4-7-10-13-16-19-22-24-26-27-28-29-30-31-32-33-35-36-39-42-45-48-51-54-60(63)66-57-58(56-65-59(62)53-50-47-44-41-38-21-18-15-12-9-6-3)67-61(64)55-52-49-46-43-40-37-34-25-23-20-17-14-11-8-5-2/h22,24,27-28,30-31,58H,4-21,23,25-26,29,32-57H2,1-3H3/b24-22-,28-27-,31-30-. The van der Waals surface area contributed by atoms with E-state index in [1.54, 1.807) is 0 Å². The topological polar surface area (TPSA) is 78.9 Å². The van der Waals surface area contributed by atoms with E-state index >= 15 is 0 Å². The summed E-state index contributed by atoms with van der Waals surface area (Å²) >= 11 is 0. The van der Waals surface area contributed by atoms with E-state index in [1.165, 1.54) is 199 Å². The molecule has 6 heteroatoms. The van der Waals surface area contributed by atoms with Gasteiger partial charge in [-0.2, -0.15) is 0 Å². The van der Waals surface area contributed by atoms with Crippen molar-refractivity contribution in [1.29, 1.82) is 0 Å². The van der Waals surface area contributed by atoms with Crippen LogP contribution in [0.2, 0.25) is 0 Å². The molecule has 67 heavy (non-hydrogen) atoms. The molecule has 0 heterocycles. The predicted octanol–water partition coefficient (Wildman–Crippen LogP) is 19.7. The van der Waals surface area contributed by atoms with E-state index in [0.29, 0.717) is 19.3 Å². The number of hydrogen-bond acceptors (Lipinski definition) is 6. The lowest BCUT2D eigenvalue weighted by molar-refractivity contribution is -0.167. The van der Waals surface area contributed by atoms with Gasteiger partial charge in [-0.05, 0) is 57.8 Å². The molecule has 0 aliphatic heterocycles. The van der Waals surface area contributed by atoms with Gasteiger partial charge in [0.05, 0.1) is 0 Å². The van der Waals surface area contributed by atoms with E-state index in [0.717, 1.165) is 77.0 Å². The SMILES string of the molecule is CCCCCCC/C=C\C/C=C\C/C=C\CCCCCCCCCCC(=O)OCC(COC(=O)CCCCCCCCCCCCC)OC(=O)CCCCCCCCCCCCCCCCC. The summed E-state index contributed by atoms with van der Waals surface area (Å²) in [7, 11) is 0. The fraction of sp³-hybridized carbons (Fsp3) is 0.852. The Morgan fingerprint density at radius 1 is 0.299 bits per heavy atom. The number of ether oxygens (including phenoxy) is 3. The Morgan fingerprint density at radius 3 is 0.836 bits per heavy atom. The molecule has 0 aromatic heterocycles. The number of rotatable bonds is 54. The second-order valence-electron chi connectivity index (χ2n) is 19.9. The second kappa shape index (κ2) is 56.2. The molecular formula is C61H112O6. The Labute approximate surface area is 416 Å². The van der Waals surface area contributed by atoms with Gasteiger partial charge in [0.15, 0.2) is 6.10 Å². The highest BCUT2D eigenvalue weighted by molar-refractivity contribution is 5.71. The molecular weight excluding hydrogens is 829 g/mol. The van der Waals surface area contributed by atoms with Gasteiger partial charge in [-0.1, -0.05) is 276 Å². The third kappa shape index (κ3) is 54.4. The van der Waals surface area contributed by atoms with Crippen molar-refractivity contribution in [2.24, 2.45) is 0 Å². The first-order chi connectivity index (χ1) is 33.0. The van der Waals surface area contributed by atoms with E-state index in [-0.39, 0.29) is 31.1 Å². The van der Waals surface area contributed by atoms with Gasteiger partial charge in [-0.3, -0.25) is 14.4 Å². The van der Waals surface area contributed by atoms with Crippen LogP contribution in [0.15, 0.2) is 36.5 Å². The zero-order chi connectivity index (χ0) is 48.6. The molecule has 0 rings (SSSR count). The molecule has 0 radical (unpaired) electrons. The highest BCUT2D eigenvalue weighted by Gasteiger charge is 2.19. The van der Waals surface area contributed by atoms with Crippen LogP contribution in [-0.4, -0.2) is 37.2 Å². The lowest BCUT2D eigenvalue weighted by Gasteiger charge is -2.18. The number of carbonyl (C=O) groups excluding carboxylic acids is 3. The van der Waals surface area contributed by atoms with Crippen LogP contribution < -0.4 is 0 Å². The Hall–Kier alpha value is -2.37. The number of carbonyl (C=O) groups is 3. The van der Waals surface area contributed by atoms with Crippen LogP contribution in [0.5, 0.6) is 0 Å². The molecule has 392 valence electrons. The minimum Gasteiger partial charge on any atom is -0.462 e. The Kier molecular flexibility index (Phi) is 54.2. The smallest absolute Gasteiger partial charge is 0.306 e. The summed E-state index contributed by atoms with van der Waals surface area (Å²) in [6.07, 6.45) is 67.1. The first-order valence-electron chi connectivity index (χ1n) is 29.5. The van der Waals surface area contributed by atoms with Gasteiger partial charge in [0, 0.05) is 19.3 Å². The van der Waals surface area contributed by atoms with E-state index in [2.05, 4.69) is 57.2 Å². The molecule has 0 aromatic rings. The molecule has 0 aromatic carbocycles. The molecule has 1 unspecified atom stereocenters. The van der Waals surface area contributed by atoms with Crippen LogP contribution in [0.4, 0.5) is 0 Å². The highest BCUT2D eigenvalue weighted by atomic mass is 16.6. The number of allylic oxidation sites excluding steroid dienone is 6. The van der Waals surface area contributed by atoms with Crippen molar-refractivity contribution in [3.05, 3.63) is 36.5 Å². The first-order valence-corrected chi connectivity index (χ1v) is 29.5. The summed E-state index contributed by atoms with van der Waals surface area (Å²) in [5, 5.41) is 0. The molecule has 0 bridgehead atoms. The molecule has 0 amide bonds. The molecule has 0 spiro atoms. The van der Waals surface area contributed by atoms with Gasteiger partial charge in [0.25, 0.3) is 0 Å². The van der Waals surface area contributed by atoms with Crippen LogP contribution in [0.1, 0.15) is 316 Å². The third-order valence-corrected chi connectivity index (χ3v) is 13.1. The summed E-state index contributed by atoms with van der Waals surface area (Å²) in [5.74, 6) is -0.859. The van der Waals surface area contributed by atoms with Crippen LogP contribution in [0.3, 0.4) is 0 Å². The van der Waals surface area contributed by atoms with Crippen molar-refractivity contribution in [2.45, 2.75) is 322 Å². The van der Waals surface area contributed by atoms with E-state index in [9.17, 15) is 14.4 Å². The van der Waals surface area contributed by atoms with Crippen LogP contribution in [-0.2, 0) is 28.6 Å². The summed E-state index contributed by atoms with van der Waals surface area (Å²) in [4.78, 5) is 38.1. The van der Waals surface area contributed by atoms with Crippen molar-refractivity contribution in [3.8, 4) is 0 Å². The molecule has 0 aliphatic carbocycles. The molecule has 0 aliphatic rings. The lowest BCUT2D eigenvalue weighted by Crippen LogP contribution is -2.30. The first kappa shape index (κ1) is 64.6. The van der Waals surface area contributed by atoms with E-state index < -0.39 is 6.10 Å². The van der Waals surface area contributed by atoms with Gasteiger partial charge >= 0.3 is 17.9 Å². The van der Waals surface area contributed by atoms with Crippen molar-refractivity contribution in [1.82, 2.24) is 0 Å². The van der Waals surface area contributed by atoms with Gasteiger partial charge < -0.3 is 14.2 Å². The van der Waals surface area contributed by atoms with Gasteiger partial charge in [-0.15, -0.1) is 0 Å². The zero-order valence-electron chi connectivity index (χ0n) is 44.9. The molecule has 0 saturated carbocycles. The Balaban J connectivity index is 4.27. The zero-order valence-corrected chi connectivity index (χ0v) is 44.9. The van der Waals surface area contributed by atoms with Crippen molar-refractivity contribution < 1.29 is 28.6 Å². The van der Waals surface area contributed by atoms with Crippen LogP contribution >= 0.6 is 0 Å². The van der Waals surface area contributed by atoms with Gasteiger partial charge in [0.2, 0.25) is 0 Å². The second-order valence-corrected chi connectivity index (χ2v) is 19.9. The Morgan fingerprint density at radius 2 is 0.537 bits per heavy atom. The Bertz CT molecular complexity index is 1130. The van der Waals surface area contributed by atoms with Crippen LogP contribution in [0.25, 0.3) is 0 Å². The minimum atomic E-state index is -0.770. The van der Waals surface area contributed by atoms with E-state index in [1.807, 2.05) is 0 Å². The lowest BCUT2D eigenvalue weighted by atomic mass is 10.0. The third-order valence-electron chi connectivity index (χ3n) is 13.1. The maximum atomic E-state index is 12.8. The van der Waals surface area contributed by atoms with Crippen molar-refractivity contribution in [2.75, 3.05) is 13.2 Å². The molecule has 1 atom stereocenters. The van der Waals surface area contributed by atoms with Gasteiger partial charge in [0.1, 0.15) is 13.2 Å². The summed E-state index contributed by atoms with van der Waals surface area (Å²) in [6.45, 7) is 6.66. The van der Waals surface area contributed by atoms with Gasteiger partial charge in [-0.25, -0.2) is 0 Å². The van der Waals surface area contributed by atoms with Crippen molar-refractivity contribution >= 4 is 17.9 Å². The van der Waals surface area contributed by atoms with Crippen molar-refractivity contribution in [3.63, 3.8) is 0 Å².